The van der Waals surface area contributed by atoms with E-state index < -0.39 is 5.91 Å². The fourth-order valence-corrected chi connectivity index (χ4v) is 2.16. The van der Waals surface area contributed by atoms with Crippen molar-refractivity contribution in [3.63, 3.8) is 0 Å². The summed E-state index contributed by atoms with van der Waals surface area (Å²) in [6.07, 6.45) is 3.04. The SMILES string of the molecule is CCCCC#Cc1ccc(C)c(N(O)C(=O)c2ccccc2)c1. The Balaban J connectivity index is 2.23. The van der Waals surface area contributed by atoms with E-state index in [1.54, 1.807) is 30.3 Å². The summed E-state index contributed by atoms with van der Waals surface area (Å²) >= 11 is 0. The molecule has 0 aliphatic heterocycles. The molecule has 0 radical (unpaired) electrons. The number of rotatable bonds is 4. The number of hydroxylamine groups is 1. The van der Waals surface area contributed by atoms with Crippen LogP contribution in [0.15, 0.2) is 48.5 Å². The van der Waals surface area contributed by atoms with Crippen molar-refractivity contribution in [2.45, 2.75) is 33.1 Å². The maximum atomic E-state index is 12.3. The Kier molecular flexibility index (Phi) is 5.96. The van der Waals surface area contributed by atoms with Crippen molar-refractivity contribution in [1.82, 2.24) is 0 Å². The molecule has 0 aromatic heterocycles. The van der Waals surface area contributed by atoms with Crippen LogP contribution in [-0.2, 0) is 0 Å². The third-order valence-corrected chi connectivity index (χ3v) is 3.54. The smallest absolute Gasteiger partial charge is 0.281 e. The zero-order chi connectivity index (χ0) is 16.7. The Labute approximate surface area is 137 Å². The van der Waals surface area contributed by atoms with E-state index in [1.807, 2.05) is 25.1 Å². The highest BCUT2D eigenvalue weighted by Crippen LogP contribution is 2.22. The first-order chi connectivity index (χ1) is 11.1. The van der Waals surface area contributed by atoms with Gasteiger partial charge in [0.1, 0.15) is 0 Å². The van der Waals surface area contributed by atoms with Gasteiger partial charge in [-0.1, -0.05) is 49.5 Å². The fraction of sp³-hybridized carbons (Fsp3) is 0.250. The Morgan fingerprint density at radius 1 is 1.17 bits per heavy atom. The molecule has 0 saturated carbocycles. The van der Waals surface area contributed by atoms with Gasteiger partial charge in [-0.15, -0.1) is 0 Å². The van der Waals surface area contributed by atoms with Crippen LogP contribution in [0.25, 0.3) is 0 Å². The standard InChI is InChI=1S/C20H21NO2/c1-3-4-5-7-10-17-14-13-16(2)19(15-17)21(23)20(22)18-11-8-6-9-12-18/h6,8-9,11-15,23H,3-5H2,1-2H3. The predicted octanol–water partition coefficient (Wildman–Crippen LogP) is 4.57. The Bertz CT molecular complexity index is 726. The predicted molar refractivity (Wildman–Crippen MR) is 92.6 cm³/mol. The topological polar surface area (TPSA) is 40.5 Å². The molecule has 118 valence electrons. The zero-order valence-electron chi connectivity index (χ0n) is 13.5. The molecule has 0 unspecified atom stereocenters. The molecular formula is C20H21NO2. The maximum Gasteiger partial charge on any atom is 0.281 e. The van der Waals surface area contributed by atoms with Gasteiger partial charge in [-0.05, 0) is 43.2 Å². The van der Waals surface area contributed by atoms with Crippen molar-refractivity contribution in [3.8, 4) is 11.8 Å². The molecule has 0 bridgehead atoms. The lowest BCUT2D eigenvalue weighted by atomic mass is 10.1. The van der Waals surface area contributed by atoms with Gasteiger partial charge < -0.3 is 0 Å². The van der Waals surface area contributed by atoms with Gasteiger partial charge in [0.15, 0.2) is 0 Å². The lowest BCUT2D eigenvalue weighted by Gasteiger charge is -2.17. The summed E-state index contributed by atoms with van der Waals surface area (Å²) in [5.41, 5.74) is 2.51. The van der Waals surface area contributed by atoms with Crippen molar-refractivity contribution in [2.75, 3.05) is 5.06 Å². The molecular weight excluding hydrogens is 286 g/mol. The minimum atomic E-state index is -0.454. The van der Waals surface area contributed by atoms with Crippen LogP contribution in [0.1, 0.15) is 47.7 Å². The van der Waals surface area contributed by atoms with E-state index in [4.69, 9.17) is 0 Å². The lowest BCUT2D eigenvalue weighted by Crippen LogP contribution is -2.27. The van der Waals surface area contributed by atoms with Crippen LogP contribution in [0, 0.1) is 18.8 Å². The van der Waals surface area contributed by atoms with Gasteiger partial charge in [0.05, 0.1) is 5.69 Å². The molecule has 3 heteroatoms. The molecule has 0 fully saturated rings. The first kappa shape index (κ1) is 16.8. The van der Waals surface area contributed by atoms with Crippen LogP contribution >= 0.6 is 0 Å². The highest BCUT2D eigenvalue weighted by atomic mass is 16.5. The fourth-order valence-electron chi connectivity index (χ4n) is 2.16. The summed E-state index contributed by atoms with van der Waals surface area (Å²) < 4.78 is 0. The number of anilines is 1. The summed E-state index contributed by atoms with van der Waals surface area (Å²) in [6, 6.07) is 14.2. The van der Waals surface area contributed by atoms with Gasteiger partial charge in [-0.2, -0.15) is 5.06 Å². The number of benzene rings is 2. The van der Waals surface area contributed by atoms with E-state index in [1.165, 1.54) is 0 Å². The third kappa shape index (κ3) is 4.45. The Morgan fingerprint density at radius 2 is 1.91 bits per heavy atom. The number of carbonyl (C=O) groups excluding carboxylic acids is 1. The Hall–Kier alpha value is -2.57. The molecule has 2 aromatic rings. The van der Waals surface area contributed by atoms with Crippen LogP contribution in [0.2, 0.25) is 0 Å². The molecule has 23 heavy (non-hydrogen) atoms. The number of unbranched alkanes of at least 4 members (excludes halogenated alkanes) is 2. The second kappa shape index (κ2) is 8.17. The molecule has 0 saturated heterocycles. The van der Waals surface area contributed by atoms with E-state index in [2.05, 4.69) is 18.8 Å². The maximum absolute atomic E-state index is 12.3. The van der Waals surface area contributed by atoms with Gasteiger partial charge in [-0.3, -0.25) is 10.0 Å². The zero-order valence-corrected chi connectivity index (χ0v) is 13.5. The minimum absolute atomic E-state index is 0.439. The number of carbonyl (C=O) groups is 1. The van der Waals surface area contributed by atoms with Crippen molar-refractivity contribution < 1.29 is 10.0 Å². The van der Waals surface area contributed by atoms with Crippen molar-refractivity contribution in [1.29, 1.82) is 0 Å². The third-order valence-electron chi connectivity index (χ3n) is 3.54. The minimum Gasteiger partial charge on any atom is -0.281 e. The van der Waals surface area contributed by atoms with Crippen LogP contribution in [0.4, 0.5) is 5.69 Å². The molecule has 0 atom stereocenters. The average molecular weight is 307 g/mol. The van der Waals surface area contributed by atoms with Crippen LogP contribution < -0.4 is 5.06 Å². The summed E-state index contributed by atoms with van der Waals surface area (Å²) in [5, 5.41) is 11.0. The summed E-state index contributed by atoms with van der Waals surface area (Å²) in [5.74, 6) is 5.74. The van der Waals surface area contributed by atoms with E-state index in [0.717, 1.165) is 30.4 Å². The van der Waals surface area contributed by atoms with E-state index in [0.29, 0.717) is 16.3 Å². The molecule has 1 amide bonds. The van der Waals surface area contributed by atoms with Crippen molar-refractivity contribution >= 4 is 11.6 Å². The summed E-state index contributed by atoms with van der Waals surface area (Å²) in [6.45, 7) is 3.98. The van der Waals surface area contributed by atoms with Gasteiger partial charge in [0.25, 0.3) is 5.91 Å². The number of hydrogen-bond donors (Lipinski definition) is 1. The lowest BCUT2D eigenvalue weighted by molar-refractivity contribution is 0.0854. The molecule has 1 N–H and O–H groups in total. The largest absolute Gasteiger partial charge is 0.281 e. The van der Waals surface area contributed by atoms with E-state index in [9.17, 15) is 10.0 Å². The monoisotopic (exact) mass is 307 g/mol. The molecule has 0 spiro atoms. The molecule has 0 aliphatic carbocycles. The van der Waals surface area contributed by atoms with Crippen molar-refractivity contribution in [3.05, 3.63) is 65.2 Å². The number of hydrogen-bond acceptors (Lipinski definition) is 2. The van der Waals surface area contributed by atoms with Crippen molar-refractivity contribution in [2.24, 2.45) is 0 Å². The molecule has 3 nitrogen and oxygen atoms in total. The van der Waals surface area contributed by atoms with Gasteiger partial charge in [-0.25, -0.2) is 0 Å². The average Bonchev–Trinajstić information content (AvgIpc) is 2.59. The van der Waals surface area contributed by atoms with Gasteiger partial charge >= 0.3 is 0 Å². The summed E-state index contributed by atoms with van der Waals surface area (Å²) in [7, 11) is 0. The number of nitrogens with zero attached hydrogens (tertiary/aromatic N) is 1. The van der Waals surface area contributed by atoms with E-state index in [-0.39, 0.29) is 0 Å². The Morgan fingerprint density at radius 3 is 2.61 bits per heavy atom. The quantitative estimate of drug-likeness (QED) is 0.389. The molecule has 0 heterocycles. The highest BCUT2D eigenvalue weighted by Gasteiger charge is 2.17. The van der Waals surface area contributed by atoms with Crippen LogP contribution in [0.5, 0.6) is 0 Å². The normalized spacial score (nSPS) is 9.87. The second-order valence-electron chi connectivity index (χ2n) is 5.39. The van der Waals surface area contributed by atoms with Gasteiger partial charge in [0, 0.05) is 17.5 Å². The first-order valence-electron chi connectivity index (χ1n) is 7.81. The van der Waals surface area contributed by atoms with Crippen LogP contribution in [-0.4, -0.2) is 11.1 Å². The highest BCUT2D eigenvalue weighted by molar-refractivity contribution is 6.04. The van der Waals surface area contributed by atoms with Gasteiger partial charge in [0.2, 0.25) is 0 Å². The number of amides is 1. The molecule has 2 rings (SSSR count). The first-order valence-corrected chi connectivity index (χ1v) is 7.81. The molecule has 2 aromatic carbocycles. The van der Waals surface area contributed by atoms with E-state index >= 15 is 0 Å². The van der Waals surface area contributed by atoms with Crippen LogP contribution in [0.3, 0.4) is 0 Å². The summed E-state index contributed by atoms with van der Waals surface area (Å²) in [4.78, 5) is 12.3. The number of aryl methyl sites for hydroxylation is 1. The second-order valence-corrected chi connectivity index (χ2v) is 5.39. The molecule has 0 aliphatic rings.